The Morgan fingerprint density at radius 2 is 2.16 bits per heavy atom. The molecule has 2 saturated heterocycles. The molecule has 0 bridgehead atoms. The molecular weight excluding hydrogens is 238 g/mol. The summed E-state index contributed by atoms with van der Waals surface area (Å²) in [6.45, 7) is 4.17. The Balaban J connectivity index is 1.42. The van der Waals surface area contributed by atoms with Crippen molar-refractivity contribution < 1.29 is 4.74 Å². The largest absolute Gasteiger partial charge is 0.377 e. The molecule has 1 aromatic rings. The molecule has 2 aliphatic rings. The summed E-state index contributed by atoms with van der Waals surface area (Å²) in [5.41, 5.74) is 0. The zero-order chi connectivity index (χ0) is 12.9. The molecule has 2 aliphatic heterocycles. The third-order valence-electron chi connectivity index (χ3n) is 4.13. The molecule has 104 valence electrons. The molecule has 4 nitrogen and oxygen atoms in total. The molecule has 0 saturated carbocycles. The number of nitrogens with zero attached hydrogens (tertiary/aromatic N) is 2. The SMILES string of the molecule is c1ccc(N2CCC(NCC3CCCO3)CC2)nc1. The summed E-state index contributed by atoms with van der Waals surface area (Å²) in [6, 6.07) is 6.77. The van der Waals surface area contributed by atoms with Crippen molar-refractivity contribution >= 4 is 5.82 Å². The predicted octanol–water partition coefficient (Wildman–Crippen LogP) is 1.82. The molecule has 0 aliphatic carbocycles. The number of hydrogen-bond acceptors (Lipinski definition) is 4. The zero-order valence-electron chi connectivity index (χ0n) is 11.4. The minimum atomic E-state index is 0.453. The minimum Gasteiger partial charge on any atom is -0.377 e. The van der Waals surface area contributed by atoms with Gasteiger partial charge in [0.1, 0.15) is 5.82 Å². The van der Waals surface area contributed by atoms with Crippen LogP contribution in [0.25, 0.3) is 0 Å². The fourth-order valence-corrected chi connectivity index (χ4v) is 2.96. The van der Waals surface area contributed by atoms with Crippen LogP contribution in [-0.2, 0) is 4.74 Å². The number of anilines is 1. The number of pyridine rings is 1. The van der Waals surface area contributed by atoms with Gasteiger partial charge in [0.2, 0.25) is 0 Å². The topological polar surface area (TPSA) is 37.4 Å². The van der Waals surface area contributed by atoms with Gasteiger partial charge in [-0.25, -0.2) is 4.98 Å². The summed E-state index contributed by atoms with van der Waals surface area (Å²) in [5.74, 6) is 1.11. The van der Waals surface area contributed by atoms with Crippen molar-refractivity contribution in [1.82, 2.24) is 10.3 Å². The standard InChI is InChI=1S/C15H23N3O/c1-2-8-16-15(5-1)18-9-6-13(7-10-18)17-12-14-4-3-11-19-14/h1-2,5,8,13-14,17H,3-4,6-7,9-12H2. The van der Waals surface area contributed by atoms with Crippen LogP contribution in [0, 0.1) is 0 Å². The second kappa shape index (κ2) is 6.35. The molecule has 0 spiro atoms. The van der Waals surface area contributed by atoms with E-state index < -0.39 is 0 Å². The highest BCUT2D eigenvalue weighted by molar-refractivity contribution is 5.38. The lowest BCUT2D eigenvalue weighted by molar-refractivity contribution is 0.106. The van der Waals surface area contributed by atoms with Gasteiger partial charge in [-0.2, -0.15) is 0 Å². The van der Waals surface area contributed by atoms with Crippen LogP contribution in [0.4, 0.5) is 5.82 Å². The highest BCUT2D eigenvalue weighted by Crippen LogP contribution is 2.18. The maximum absolute atomic E-state index is 5.65. The van der Waals surface area contributed by atoms with Gasteiger partial charge in [-0.15, -0.1) is 0 Å². The van der Waals surface area contributed by atoms with Gasteiger partial charge in [0.05, 0.1) is 6.10 Å². The van der Waals surface area contributed by atoms with Crippen molar-refractivity contribution in [3.63, 3.8) is 0 Å². The van der Waals surface area contributed by atoms with Crippen LogP contribution >= 0.6 is 0 Å². The van der Waals surface area contributed by atoms with E-state index in [1.165, 1.54) is 25.7 Å². The Kier molecular flexibility index (Phi) is 4.30. The molecule has 0 amide bonds. The first-order chi connectivity index (χ1) is 9.42. The van der Waals surface area contributed by atoms with Crippen LogP contribution in [-0.4, -0.2) is 43.4 Å². The molecular formula is C15H23N3O. The van der Waals surface area contributed by atoms with Gasteiger partial charge >= 0.3 is 0 Å². The fraction of sp³-hybridized carbons (Fsp3) is 0.667. The first kappa shape index (κ1) is 12.9. The van der Waals surface area contributed by atoms with E-state index in [-0.39, 0.29) is 0 Å². The molecule has 1 aromatic heterocycles. The Morgan fingerprint density at radius 1 is 1.26 bits per heavy atom. The molecule has 1 atom stereocenters. The van der Waals surface area contributed by atoms with Crippen LogP contribution in [0.15, 0.2) is 24.4 Å². The summed E-state index contributed by atoms with van der Waals surface area (Å²) < 4.78 is 5.65. The average molecular weight is 261 g/mol. The van der Waals surface area contributed by atoms with Crippen LogP contribution in [0.5, 0.6) is 0 Å². The average Bonchev–Trinajstić information content (AvgIpc) is 3.00. The Hall–Kier alpha value is -1.13. The van der Waals surface area contributed by atoms with E-state index in [4.69, 9.17) is 4.74 Å². The van der Waals surface area contributed by atoms with Gasteiger partial charge in [0, 0.05) is 38.5 Å². The first-order valence-electron chi connectivity index (χ1n) is 7.43. The van der Waals surface area contributed by atoms with Crippen LogP contribution in [0.2, 0.25) is 0 Å². The number of rotatable bonds is 4. The minimum absolute atomic E-state index is 0.453. The summed E-state index contributed by atoms with van der Waals surface area (Å²) in [7, 11) is 0. The zero-order valence-corrected chi connectivity index (χ0v) is 11.4. The molecule has 4 heteroatoms. The lowest BCUT2D eigenvalue weighted by Gasteiger charge is -2.33. The van der Waals surface area contributed by atoms with E-state index in [0.29, 0.717) is 12.1 Å². The lowest BCUT2D eigenvalue weighted by Crippen LogP contribution is -2.44. The number of ether oxygens (including phenoxy) is 1. The van der Waals surface area contributed by atoms with Crippen molar-refractivity contribution in [3.8, 4) is 0 Å². The Labute approximate surface area is 115 Å². The molecule has 3 heterocycles. The van der Waals surface area contributed by atoms with Gasteiger partial charge < -0.3 is 15.0 Å². The van der Waals surface area contributed by atoms with E-state index in [1.54, 1.807) is 0 Å². The second-order valence-corrected chi connectivity index (χ2v) is 5.49. The van der Waals surface area contributed by atoms with Crippen molar-refractivity contribution in [2.45, 2.75) is 37.8 Å². The number of nitrogens with one attached hydrogen (secondary N) is 1. The summed E-state index contributed by atoms with van der Waals surface area (Å²) in [6.07, 6.45) is 7.17. The third-order valence-corrected chi connectivity index (χ3v) is 4.13. The van der Waals surface area contributed by atoms with E-state index in [2.05, 4.69) is 27.3 Å². The predicted molar refractivity (Wildman–Crippen MR) is 76.4 cm³/mol. The monoisotopic (exact) mass is 261 g/mol. The summed E-state index contributed by atoms with van der Waals surface area (Å²) >= 11 is 0. The molecule has 0 radical (unpaired) electrons. The summed E-state index contributed by atoms with van der Waals surface area (Å²) in [4.78, 5) is 6.80. The van der Waals surface area contributed by atoms with Crippen molar-refractivity contribution in [1.29, 1.82) is 0 Å². The Bertz CT molecular complexity index is 370. The van der Waals surface area contributed by atoms with Gasteiger partial charge in [-0.3, -0.25) is 0 Å². The molecule has 1 unspecified atom stereocenters. The fourth-order valence-electron chi connectivity index (χ4n) is 2.96. The maximum atomic E-state index is 5.65. The van der Waals surface area contributed by atoms with Gasteiger partial charge in [0.15, 0.2) is 0 Å². The molecule has 19 heavy (non-hydrogen) atoms. The second-order valence-electron chi connectivity index (χ2n) is 5.49. The maximum Gasteiger partial charge on any atom is 0.128 e. The normalized spacial score (nSPS) is 24.8. The van der Waals surface area contributed by atoms with Crippen LogP contribution < -0.4 is 10.2 Å². The first-order valence-corrected chi connectivity index (χ1v) is 7.43. The van der Waals surface area contributed by atoms with Gasteiger partial charge in [0.25, 0.3) is 0 Å². The summed E-state index contributed by atoms with van der Waals surface area (Å²) in [5, 5.41) is 3.66. The van der Waals surface area contributed by atoms with Crippen molar-refractivity contribution in [2.24, 2.45) is 0 Å². The van der Waals surface area contributed by atoms with E-state index in [1.807, 2.05) is 12.3 Å². The smallest absolute Gasteiger partial charge is 0.128 e. The van der Waals surface area contributed by atoms with Crippen LogP contribution in [0.3, 0.4) is 0 Å². The lowest BCUT2D eigenvalue weighted by atomic mass is 10.0. The quantitative estimate of drug-likeness (QED) is 0.897. The highest BCUT2D eigenvalue weighted by atomic mass is 16.5. The number of hydrogen-bond donors (Lipinski definition) is 1. The molecule has 3 rings (SSSR count). The van der Waals surface area contributed by atoms with E-state index in [0.717, 1.165) is 32.1 Å². The van der Waals surface area contributed by atoms with Crippen LogP contribution in [0.1, 0.15) is 25.7 Å². The van der Waals surface area contributed by atoms with Gasteiger partial charge in [-0.05, 0) is 37.8 Å². The molecule has 2 fully saturated rings. The van der Waals surface area contributed by atoms with Crippen molar-refractivity contribution in [2.75, 3.05) is 31.1 Å². The van der Waals surface area contributed by atoms with E-state index in [9.17, 15) is 0 Å². The Morgan fingerprint density at radius 3 is 2.84 bits per heavy atom. The number of piperidine rings is 1. The molecule has 0 aromatic carbocycles. The molecule has 1 N–H and O–H groups in total. The number of aromatic nitrogens is 1. The van der Waals surface area contributed by atoms with Crippen molar-refractivity contribution in [3.05, 3.63) is 24.4 Å². The highest BCUT2D eigenvalue weighted by Gasteiger charge is 2.22. The third kappa shape index (κ3) is 3.45. The van der Waals surface area contributed by atoms with E-state index >= 15 is 0 Å². The van der Waals surface area contributed by atoms with Gasteiger partial charge in [-0.1, -0.05) is 6.07 Å².